The molecule has 1 saturated carbocycles. The monoisotopic (exact) mass is 224 g/mol. The molecule has 1 aliphatic carbocycles. The standard InChI is InChI=1S/C12H17FN2O/c13-10-5-9(6-14-8-10)7-15-11-3-1-2-4-12(11)16/h5-6,8,11-12,15-16H,1-4,7H2. The molecule has 1 aliphatic rings. The lowest BCUT2D eigenvalue weighted by Gasteiger charge is -2.28. The molecule has 0 bridgehead atoms. The second-order valence-electron chi connectivity index (χ2n) is 4.35. The van der Waals surface area contributed by atoms with Crippen LogP contribution in [0.4, 0.5) is 4.39 Å². The van der Waals surface area contributed by atoms with Crippen LogP contribution in [0, 0.1) is 5.82 Å². The summed E-state index contributed by atoms with van der Waals surface area (Å²) in [6.07, 6.45) is 6.67. The third-order valence-electron chi connectivity index (χ3n) is 3.06. The number of aliphatic hydroxyl groups excluding tert-OH is 1. The Morgan fingerprint density at radius 1 is 1.38 bits per heavy atom. The number of halogens is 1. The van der Waals surface area contributed by atoms with Gasteiger partial charge in [0.1, 0.15) is 5.82 Å². The predicted molar refractivity (Wildman–Crippen MR) is 59.3 cm³/mol. The van der Waals surface area contributed by atoms with E-state index >= 15 is 0 Å². The Labute approximate surface area is 94.7 Å². The second-order valence-corrected chi connectivity index (χ2v) is 4.35. The van der Waals surface area contributed by atoms with Crippen LogP contribution in [0.5, 0.6) is 0 Å². The van der Waals surface area contributed by atoms with Gasteiger partial charge in [-0.15, -0.1) is 0 Å². The number of rotatable bonds is 3. The van der Waals surface area contributed by atoms with Gasteiger partial charge in [-0.3, -0.25) is 4.98 Å². The predicted octanol–water partition coefficient (Wildman–Crippen LogP) is 1.61. The zero-order chi connectivity index (χ0) is 11.4. The Morgan fingerprint density at radius 3 is 2.94 bits per heavy atom. The number of hydrogen-bond acceptors (Lipinski definition) is 3. The first-order chi connectivity index (χ1) is 7.75. The zero-order valence-corrected chi connectivity index (χ0v) is 9.19. The SMILES string of the molecule is OC1CCCCC1NCc1cncc(F)c1. The molecule has 0 saturated heterocycles. The number of aromatic nitrogens is 1. The molecule has 2 rings (SSSR count). The van der Waals surface area contributed by atoms with Crippen molar-refractivity contribution in [1.82, 2.24) is 10.3 Å². The lowest BCUT2D eigenvalue weighted by atomic mass is 9.92. The van der Waals surface area contributed by atoms with E-state index in [2.05, 4.69) is 10.3 Å². The summed E-state index contributed by atoms with van der Waals surface area (Å²) in [5, 5.41) is 13.0. The van der Waals surface area contributed by atoms with E-state index < -0.39 is 0 Å². The molecule has 0 radical (unpaired) electrons. The molecule has 1 fully saturated rings. The Kier molecular flexibility index (Phi) is 3.85. The first-order valence-corrected chi connectivity index (χ1v) is 5.76. The molecule has 16 heavy (non-hydrogen) atoms. The van der Waals surface area contributed by atoms with E-state index in [1.807, 2.05) is 0 Å². The summed E-state index contributed by atoms with van der Waals surface area (Å²) in [6, 6.07) is 1.60. The van der Waals surface area contributed by atoms with E-state index in [4.69, 9.17) is 0 Å². The van der Waals surface area contributed by atoms with Crippen molar-refractivity contribution in [3.05, 3.63) is 29.8 Å². The minimum atomic E-state index is -0.316. The van der Waals surface area contributed by atoms with Gasteiger partial charge in [-0.25, -0.2) is 4.39 Å². The number of nitrogens with zero attached hydrogens (tertiary/aromatic N) is 1. The summed E-state index contributed by atoms with van der Waals surface area (Å²) >= 11 is 0. The van der Waals surface area contributed by atoms with E-state index in [9.17, 15) is 9.50 Å². The summed E-state index contributed by atoms with van der Waals surface area (Å²) in [6.45, 7) is 0.562. The lowest BCUT2D eigenvalue weighted by Crippen LogP contribution is -2.41. The van der Waals surface area contributed by atoms with E-state index in [0.29, 0.717) is 6.54 Å². The smallest absolute Gasteiger partial charge is 0.141 e. The number of aliphatic hydroxyl groups is 1. The van der Waals surface area contributed by atoms with Gasteiger partial charge in [0.2, 0.25) is 0 Å². The zero-order valence-electron chi connectivity index (χ0n) is 9.19. The fourth-order valence-electron chi connectivity index (χ4n) is 2.15. The number of nitrogens with one attached hydrogen (secondary N) is 1. The fraction of sp³-hybridized carbons (Fsp3) is 0.583. The third-order valence-corrected chi connectivity index (χ3v) is 3.06. The van der Waals surface area contributed by atoms with Crippen LogP contribution in [0.3, 0.4) is 0 Å². The van der Waals surface area contributed by atoms with E-state index in [1.165, 1.54) is 12.3 Å². The highest BCUT2D eigenvalue weighted by molar-refractivity contribution is 5.10. The molecule has 0 spiro atoms. The Hall–Kier alpha value is -1.00. The summed E-state index contributed by atoms with van der Waals surface area (Å²) in [7, 11) is 0. The van der Waals surface area contributed by atoms with E-state index in [0.717, 1.165) is 31.2 Å². The van der Waals surface area contributed by atoms with Crippen LogP contribution in [0.15, 0.2) is 18.5 Å². The minimum Gasteiger partial charge on any atom is -0.392 e. The summed E-state index contributed by atoms with van der Waals surface area (Å²) in [4.78, 5) is 3.79. The van der Waals surface area contributed by atoms with Crippen LogP contribution in [-0.4, -0.2) is 22.2 Å². The van der Waals surface area contributed by atoms with Gasteiger partial charge in [-0.1, -0.05) is 12.8 Å². The maximum absolute atomic E-state index is 12.9. The normalized spacial score (nSPS) is 25.6. The van der Waals surface area contributed by atoms with Gasteiger partial charge in [-0.05, 0) is 24.5 Å². The molecule has 88 valence electrons. The van der Waals surface area contributed by atoms with Crippen molar-refractivity contribution in [2.75, 3.05) is 0 Å². The highest BCUT2D eigenvalue weighted by atomic mass is 19.1. The van der Waals surface area contributed by atoms with Crippen molar-refractivity contribution in [2.45, 2.75) is 44.4 Å². The second kappa shape index (κ2) is 5.37. The molecule has 2 atom stereocenters. The van der Waals surface area contributed by atoms with Gasteiger partial charge in [0, 0.05) is 18.8 Å². The molecular formula is C12H17FN2O. The van der Waals surface area contributed by atoms with Crippen molar-refractivity contribution in [3.63, 3.8) is 0 Å². The van der Waals surface area contributed by atoms with Crippen LogP contribution in [0.2, 0.25) is 0 Å². The topological polar surface area (TPSA) is 45.1 Å². The van der Waals surface area contributed by atoms with Gasteiger partial charge in [0.25, 0.3) is 0 Å². The van der Waals surface area contributed by atoms with Gasteiger partial charge in [0.05, 0.1) is 12.3 Å². The van der Waals surface area contributed by atoms with Gasteiger partial charge >= 0.3 is 0 Å². The average Bonchev–Trinajstić information content (AvgIpc) is 2.28. The molecule has 1 aromatic heterocycles. The van der Waals surface area contributed by atoms with Crippen LogP contribution in [0.1, 0.15) is 31.2 Å². The molecule has 2 unspecified atom stereocenters. The fourth-order valence-corrected chi connectivity index (χ4v) is 2.15. The molecule has 1 heterocycles. The first kappa shape index (κ1) is 11.5. The molecule has 1 aromatic rings. The largest absolute Gasteiger partial charge is 0.392 e. The number of hydrogen-bond donors (Lipinski definition) is 2. The van der Waals surface area contributed by atoms with Gasteiger partial charge in [0.15, 0.2) is 0 Å². The van der Waals surface area contributed by atoms with Crippen LogP contribution in [0.25, 0.3) is 0 Å². The minimum absolute atomic E-state index is 0.136. The quantitative estimate of drug-likeness (QED) is 0.820. The first-order valence-electron chi connectivity index (χ1n) is 5.76. The maximum atomic E-state index is 12.9. The van der Waals surface area contributed by atoms with E-state index in [1.54, 1.807) is 6.20 Å². The Bertz CT molecular complexity index is 346. The third kappa shape index (κ3) is 3.00. The van der Waals surface area contributed by atoms with Gasteiger partial charge < -0.3 is 10.4 Å². The molecule has 0 aliphatic heterocycles. The van der Waals surface area contributed by atoms with Crippen molar-refractivity contribution >= 4 is 0 Å². The van der Waals surface area contributed by atoms with Crippen molar-refractivity contribution < 1.29 is 9.50 Å². The Balaban J connectivity index is 1.86. The highest BCUT2D eigenvalue weighted by Crippen LogP contribution is 2.18. The Morgan fingerprint density at radius 2 is 2.19 bits per heavy atom. The summed E-state index contributed by atoms with van der Waals surface area (Å²) in [5.74, 6) is -0.316. The molecule has 0 amide bonds. The molecule has 3 nitrogen and oxygen atoms in total. The molecule has 0 aromatic carbocycles. The lowest BCUT2D eigenvalue weighted by molar-refractivity contribution is 0.0902. The highest BCUT2D eigenvalue weighted by Gasteiger charge is 2.22. The van der Waals surface area contributed by atoms with Crippen molar-refractivity contribution in [2.24, 2.45) is 0 Å². The maximum Gasteiger partial charge on any atom is 0.141 e. The average molecular weight is 224 g/mol. The van der Waals surface area contributed by atoms with Crippen LogP contribution in [-0.2, 0) is 6.54 Å². The molecule has 2 N–H and O–H groups in total. The molecule has 4 heteroatoms. The number of pyridine rings is 1. The van der Waals surface area contributed by atoms with Crippen LogP contribution < -0.4 is 5.32 Å². The summed E-state index contributed by atoms with van der Waals surface area (Å²) in [5.41, 5.74) is 0.817. The van der Waals surface area contributed by atoms with Crippen molar-refractivity contribution in [3.8, 4) is 0 Å². The van der Waals surface area contributed by atoms with Crippen molar-refractivity contribution in [1.29, 1.82) is 0 Å². The van der Waals surface area contributed by atoms with E-state index in [-0.39, 0.29) is 18.0 Å². The van der Waals surface area contributed by atoms with Crippen LogP contribution >= 0.6 is 0 Å². The molecular weight excluding hydrogens is 207 g/mol. The van der Waals surface area contributed by atoms with Gasteiger partial charge in [-0.2, -0.15) is 0 Å². The summed E-state index contributed by atoms with van der Waals surface area (Å²) < 4.78 is 12.9.